The molecule has 0 radical (unpaired) electrons. The minimum atomic E-state index is 0.0450. The van der Waals surface area contributed by atoms with Crippen molar-refractivity contribution in [3.8, 4) is 11.5 Å². The molecular weight excluding hydrogens is 356 g/mol. The first-order valence-corrected chi connectivity index (χ1v) is 9.33. The molecule has 0 amide bonds. The standard InChI is InChI=1S/C21H20N4O3/c26-18-6-5-14-20(27)19(11-17-13-3-1-2-4-16(13)23-24-17)28-21(14)15(18)12-25-9-7-22-8-10-25/h1-6,11,22,26-27H,7-10,12H2. The summed E-state index contributed by atoms with van der Waals surface area (Å²) in [6, 6.07) is 10.9. The second-order valence-electron chi connectivity index (χ2n) is 7.03. The van der Waals surface area contributed by atoms with E-state index in [0.29, 0.717) is 34.5 Å². The van der Waals surface area contributed by atoms with E-state index in [1.165, 1.54) is 0 Å². The maximum Gasteiger partial charge on any atom is 0.172 e. The van der Waals surface area contributed by atoms with Gasteiger partial charge in [-0.15, -0.1) is 10.2 Å². The molecule has 2 aromatic carbocycles. The summed E-state index contributed by atoms with van der Waals surface area (Å²) in [7, 11) is 0. The van der Waals surface area contributed by atoms with E-state index in [1.807, 2.05) is 24.3 Å². The molecule has 0 saturated carbocycles. The van der Waals surface area contributed by atoms with Crippen LogP contribution in [0.5, 0.6) is 11.5 Å². The van der Waals surface area contributed by atoms with Gasteiger partial charge < -0.3 is 19.9 Å². The number of aromatic hydroxyl groups is 2. The smallest absolute Gasteiger partial charge is 0.172 e. The molecule has 1 fully saturated rings. The number of rotatable bonds is 3. The van der Waals surface area contributed by atoms with Crippen molar-refractivity contribution in [2.24, 2.45) is 10.2 Å². The van der Waals surface area contributed by atoms with Gasteiger partial charge in [-0.05, 0) is 18.2 Å². The molecule has 1 aromatic heterocycles. The zero-order chi connectivity index (χ0) is 19.1. The molecule has 7 nitrogen and oxygen atoms in total. The molecule has 0 bridgehead atoms. The summed E-state index contributed by atoms with van der Waals surface area (Å²) in [6.45, 7) is 4.20. The number of furan rings is 1. The minimum absolute atomic E-state index is 0.0450. The van der Waals surface area contributed by atoms with Crippen molar-refractivity contribution < 1.29 is 14.6 Å². The average molecular weight is 376 g/mol. The Labute approximate surface area is 161 Å². The first kappa shape index (κ1) is 17.0. The number of hydrogen-bond donors (Lipinski definition) is 3. The molecule has 2 aliphatic rings. The number of piperazine rings is 1. The molecule has 0 atom stereocenters. The summed E-state index contributed by atoms with van der Waals surface area (Å²) >= 11 is 0. The second kappa shape index (κ2) is 6.78. The van der Waals surface area contributed by atoms with Gasteiger partial charge in [-0.3, -0.25) is 4.90 Å². The van der Waals surface area contributed by atoms with Gasteiger partial charge in [-0.25, -0.2) is 0 Å². The molecule has 3 aromatic rings. The van der Waals surface area contributed by atoms with Crippen LogP contribution in [0, 0.1) is 0 Å². The molecule has 5 rings (SSSR count). The van der Waals surface area contributed by atoms with Gasteiger partial charge in [0.25, 0.3) is 0 Å². The van der Waals surface area contributed by atoms with Crippen molar-refractivity contribution in [3.05, 3.63) is 53.3 Å². The normalized spacial score (nSPS) is 18.2. The lowest BCUT2D eigenvalue weighted by Crippen LogP contribution is -2.42. The van der Waals surface area contributed by atoms with E-state index in [0.717, 1.165) is 37.4 Å². The highest BCUT2D eigenvalue weighted by Crippen LogP contribution is 2.41. The van der Waals surface area contributed by atoms with E-state index in [9.17, 15) is 10.2 Å². The third kappa shape index (κ3) is 2.85. The highest BCUT2D eigenvalue weighted by Gasteiger charge is 2.22. The van der Waals surface area contributed by atoms with Crippen LogP contribution in [0.3, 0.4) is 0 Å². The Morgan fingerprint density at radius 2 is 1.89 bits per heavy atom. The number of hydrogen-bond acceptors (Lipinski definition) is 7. The molecule has 0 unspecified atom stereocenters. The molecular formula is C21H20N4O3. The Balaban J connectivity index is 1.57. The van der Waals surface area contributed by atoms with Crippen LogP contribution in [-0.2, 0) is 6.54 Å². The maximum atomic E-state index is 10.7. The van der Waals surface area contributed by atoms with Crippen molar-refractivity contribution in [1.29, 1.82) is 0 Å². The summed E-state index contributed by atoms with van der Waals surface area (Å²) in [5, 5.41) is 33.4. The quantitative estimate of drug-likeness (QED) is 0.646. The van der Waals surface area contributed by atoms with E-state index in [1.54, 1.807) is 18.2 Å². The van der Waals surface area contributed by atoms with E-state index in [2.05, 4.69) is 20.4 Å². The van der Waals surface area contributed by atoms with Gasteiger partial charge in [0.2, 0.25) is 0 Å². The van der Waals surface area contributed by atoms with Gasteiger partial charge in [0, 0.05) is 44.4 Å². The van der Waals surface area contributed by atoms with E-state index >= 15 is 0 Å². The number of benzene rings is 2. The predicted molar refractivity (Wildman–Crippen MR) is 107 cm³/mol. The molecule has 3 heterocycles. The number of phenols is 1. The molecule has 0 aliphatic carbocycles. The topological polar surface area (TPSA) is 93.6 Å². The summed E-state index contributed by atoms with van der Waals surface area (Å²) < 4.78 is 6.00. The highest BCUT2D eigenvalue weighted by atomic mass is 16.4. The largest absolute Gasteiger partial charge is 0.507 e. The van der Waals surface area contributed by atoms with Gasteiger partial charge in [0.15, 0.2) is 11.5 Å². The molecule has 142 valence electrons. The van der Waals surface area contributed by atoms with Crippen LogP contribution in [-0.4, -0.2) is 41.3 Å². The maximum absolute atomic E-state index is 10.7. The van der Waals surface area contributed by atoms with Gasteiger partial charge in [-0.1, -0.05) is 18.2 Å². The first-order chi connectivity index (χ1) is 13.7. The fourth-order valence-electron chi connectivity index (χ4n) is 3.72. The van der Waals surface area contributed by atoms with Gasteiger partial charge >= 0.3 is 0 Å². The lowest BCUT2D eigenvalue weighted by atomic mass is 10.1. The Morgan fingerprint density at radius 1 is 1.07 bits per heavy atom. The Bertz CT molecular complexity index is 1110. The zero-order valence-corrected chi connectivity index (χ0v) is 15.2. The average Bonchev–Trinajstić information content (AvgIpc) is 3.27. The Morgan fingerprint density at radius 3 is 2.75 bits per heavy atom. The van der Waals surface area contributed by atoms with Crippen LogP contribution in [0.15, 0.2) is 51.0 Å². The Hall–Kier alpha value is -3.16. The monoisotopic (exact) mass is 376 g/mol. The number of nitrogens with one attached hydrogen (secondary N) is 1. The van der Waals surface area contributed by atoms with Crippen molar-refractivity contribution >= 4 is 28.4 Å². The number of azo groups is 1. The van der Waals surface area contributed by atoms with Crippen LogP contribution in [0.25, 0.3) is 22.7 Å². The minimum Gasteiger partial charge on any atom is -0.507 e. The van der Waals surface area contributed by atoms with Gasteiger partial charge in [0.1, 0.15) is 11.3 Å². The summed E-state index contributed by atoms with van der Waals surface area (Å²) in [5.41, 5.74) is 3.52. The zero-order valence-electron chi connectivity index (χ0n) is 15.2. The molecule has 3 N–H and O–H groups in total. The Kier molecular flexibility index (Phi) is 4.11. The van der Waals surface area contributed by atoms with Gasteiger partial charge in [0.05, 0.1) is 22.3 Å². The number of nitrogens with zero attached hydrogens (tertiary/aromatic N) is 3. The van der Waals surface area contributed by atoms with E-state index in [4.69, 9.17) is 4.42 Å². The molecule has 0 spiro atoms. The summed E-state index contributed by atoms with van der Waals surface area (Å²) in [4.78, 5) is 2.25. The van der Waals surface area contributed by atoms with Crippen LogP contribution >= 0.6 is 0 Å². The molecule has 7 heteroatoms. The van der Waals surface area contributed by atoms with Crippen LogP contribution in [0.4, 0.5) is 5.69 Å². The van der Waals surface area contributed by atoms with Gasteiger partial charge in [-0.2, -0.15) is 0 Å². The lowest BCUT2D eigenvalue weighted by Gasteiger charge is -2.27. The number of phenolic OH excluding ortho intramolecular Hbond substituents is 1. The molecule has 2 aliphatic heterocycles. The van der Waals surface area contributed by atoms with Crippen molar-refractivity contribution in [3.63, 3.8) is 0 Å². The van der Waals surface area contributed by atoms with Crippen LogP contribution < -0.4 is 5.32 Å². The molecule has 28 heavy (non-hydrogen) atoms. The van der Waals surface area contributed by atoms with Crippen molar-refractivity contribution in [2.75, 3.05) is 26.2 Å². The third-order valence-corrected chi connectivity index (χ3v) is 5.24. The predicted octanol–water partition coefficient (Wildman–Crippen LogP) is 3.84. The van der Waals surface area contributed by atoms with Crippen LogP contribution in [0.1, 0.15) is 16.9 Å². The van der Waals surface area contributed by atoms with Crippen molar-refractivity contribution in [2.45, 2.75) is 6.54 Å². The first-order valence-electron chi connectivity index (χ1n) is 9.33. The SMILES string of the molecule is Oc1ccc2c(O)c(C=C3N=Nc4ccccc43)oc2c1CN1CCNCC1. The van der Waals surface area contributed by atoms with E-state index < -0.39 is 0 Å². The van der Waals surface area contributed by atoms with Crippen molar-refractivity contribution in [1.82, 2.24) is 10.2 Å². The second-order valence-corrected chi connectivity index (χ2v) is 7.03. The lowest BCUT2D eigenvalue weighted by molar-refractivity contribution is 0.230. The summed E-state index contributed by atoms with van der Waals surface area (Å²) in [5.74, 6) is 0.529. The summed E-state index contributed by atoms with van der Waals surface area (Å²) in [6.07, 6.45) is 1.69. The highest BCUT2D eigenvalue weighted by molar-refractivity contribution is 5.95. The third-order valence-electron chi connectivity index (χ3n) is 5.24. The van der Waals surface area contributed by atoms with E-state index in [-0.39, 0.29) is 11.5 Å². The fourth-order valence-corrected chi connectivity index (χ4v) is 3.72. The van der Waals surface area contributed by atoms with Crippen LogP contribution in [0.2, 0.25) is 0 Å². The fraction of sp³-hybridized carbons (Fsp3) is 0.238. The molecule has 1 saturated heterocycles. The number of fused-ring (bicyclic) bond motifs is 2.